The number of benzene rings is 1. The Morgan fingerprint density at radius 3 is 2.50 bits per heavy atom. The lowest BCUT2D eigenvalue weighted by Crippen LogP contribution is -2.12. The smallest absolute Gasteiger partial charge is 0.224 e. The van der Waals surface area contributed by atoms with Gasteiger partial charge in [-0.3, -0.25) is 4.79 Å². The minimum Gasteiger partial charge on any atom is -0.399 e. The van der Waals surface area contributed by atoms with Crippen molar-refractivity contribution in [1.29, 1.82) is 0 Å². The summed E-state index contributed by atoms with van der Waals surface area (Å²) in [7, 11) is 0. The van der Waals surface area contributed by atoms with Crippen LogP contribution in [0, 0.1) is 0 Å². The van der Waals surface area contributed by atoms with E-state index in [0.29, 0.717) is 18.7 Å². The molecule has 0 atom stereocenters. The van der Waals surface area contributed by atoms with E-state index < -0.39 is 0 Å². The zero-order chi connectivity index (χ0) is 14.6. The molecule has 1 aromatic rings. The van der Waals surface area contributed by atoms with Crippen LogP contribution in [0.4, 0.5) is 11.4 Å². The Bertz CT molecular complexity index is 377. The zero-order valence-electron chi connectivity index (χ0n) is 12.4. The first kappa shape index (κ1) is 16.5. The van der Waals surface area contributed by atoms with Crippen LogP contribution in [0.15, 0.2) is 24.3 Å². The van der Waals surface area contributed by atoms with Gasteiger partial charge in [0.25, 0.3) is 0 Å². The van der Waals surface area contributed by atoms with E-state index in [1.165, 1.54) is 19.3 Å². The third-order valence-corrected chi connectivity index (χ3v) is 3.03. The van der Waals surface area contributed by atoms with Crippen LogP contribution in [0.5, 0.6) is 0 Å². The van der Waals surface area contributed by atoms with Crippen LogP contribution in [0.25, 0.3) is 0 Å². The number of anilines is 2. The number of carbonyl (C=O) groups is 1. The second-order valence-electron chi connectivity index (χ2n) is 4.95. The normalized spacial score (nSPS) is 10.4. The molecule has 0 aromatic heterocycles. The second-order valence-corrected chi connectivity index (χ2v) is 4.95. The number of rotatable bonds is 10. The summed E-state index contributed by atoms with van der Waals surface area (Å²) in [5, 5.41) is 2.84. The highest BCUT2D eigenvalue weighted by Crippen LogP contribution is 2.11. The van der Waals surface area contributed by atoms with Gasteiger partial charge < -0.3 is 15.8 Å². The average Bonchev–Trinajstić information content (AvgIpc) is 2.44. The number of amides is 1. The Labute approximate surface area is 121 Å². The summed E-state index contributed by atoms with van der Waals surface area (Å²) in [6.07, 6.45) is 6.10. The van der Waals surface area contributed by atoms with Crippen molar-refractivity contribution < 1.29 is 9.53 Å². The number of carbonyl (C=O) groups excluding carboxylic acids is 1. The van der Waals surface area contributed by atoms with Crippen LogP contribution in [-0.4, -0.2) is 19.1 Å². The van der Waals surface area contributed by atoms with Crippen LogP contribution in [0.2, 0.25) is 0 Å². The summed E-state index contributed by atoms with van der Waals surface area (Å²) in [6.45, 7) is 3.65. The molecule has 0 aliphatic rings. The quantitative estimate of drug-likeness (QED) is 0.508. The fraction of sp³-hybridized carbons (Fsp3) is 0.562. The Morgan fingerprint density at radius 2 is 1.80 bits per heavy atom. The highest BCUT2D eigenvalue weighted by Gasteiger charge is 2.02. The zero-order valence-corrected chi connectivity index (χ0v) is 12.4. The molecule has 3 N–H and O–H groups in total. The van der Waals surface area contributed by atoms with Gasteiger partial charge >= 0.3 is 0 Å². The van der Waals surface area contributed by atoms with Gasteiger partial charge in [-0.2, -0.15) is 0 Å². The third kappa shape index (κ3) is 7.79. The van der Waals surface area contributed by atoms with E-state index in [9.17, 15) is 4.79 Å². The van der Waals surface area contributed by atoms with E-state index in [4.69, 9.17) is 10.5 Å². The molecule has 4 nitrogen and oxygen atoms in total. The lowest BCUT2D eigenvalue weighted by molar-refractivity contribution is -0.116. The first-order valence-electron chi connectivity index (χ1n) is 7.45. The van der Waals surface area contributed by atoms with E-state index >= 15 is 0 Å². The maximum absolute atomic E-state index is 11.7. The molecule has 1 rings (SSSR count). The lowest BCUT2D eigenvalue weighted by atomic mass is 10.2. The molecule has 0 spiro atoms. The van der Waals surface area contributed by atoms with Gasteiger partial charge in [0.2, 0.25) is 5.91 Å². The number of nitrogens with one attached hydrogen (secondary N) is 1. The van der Waals surface area contributed by atoms with Crippen LogP contribution in [-0.2, 0) is 9.53 Å². The summed E-state index contributed by atoms with van der Waals surface area (Å²) in [6, 6.07) is 7.15. The van der Waals surface area contributed by atoms with Gasteiger partial charge in [-0.15, -0.1) is 0 Å². The van der Waals surface area contributed by atoms with Crippen molar-refractivity contribution in [1.82, 2.24) is 0 Å². The van der Waals surface area contributed by atoms with Crippen molar-refractivity contribution in [2.24, 2.45) is 0 Å². The van der Waals surface area contributed by atoms with Gasteiger partial charge in [-0.25, -0.2) is 0 Å². The summed E-state index contributed by atoms with van der Waals surface area (Å²) < 4.78 is 5.50. The predicted octanol–water partition coefficient (Wildman–Crippen LogP) is 3.58. The van der Waals surface area contributed by atoms with Crippen molar-refractivity contribution in [2.75, 3.05) is 24.3 Å². The Balaban J connectivity index is 2.01. The fourth-order valence-corrected chi connectivity index (χ4v) is 1.86. The molecule has 0 bridgehead atoms. The molecular formula is C16H26N2O2. The molecule has 1 amide bonds. The Hall–Kier alpha value is -1.55. The number of ether oxygens (including phenoxy) is 1. The summed E-state index contributed by atoms with van der Waals surface area (Å²) in [5.74, 6) is 0.0179. The van der Waals surface area contributed by atoms with Crippen molar-refractivity contribution in [3.05, 3.63) is 24.3 Å². The number of hydrogen-bond donors (Lipinski definition) is 2. The number of nitrogens with two attached hydrogens (primary N) is 1. The maximum Gasteiger partial charge on any atom is 0.224 e. The molecule has 0 saturated heterocycles. The summed E-state index contributed by atoms with van der Waals surface area (Å²) in [4.78, 5) is 11.7. The van der Waals surface area contributed by atoms with Crippen molar-refractivity contribution >= 4 is 17.3 Å². The van der Waals surface area contributed by atoms with Crippen molar-refractivity contribution in [2.45, 2.75) is 45.4 Å². The maximum atomic E-state index is 11.7. The Morgan fingerprint density at radius 1 is 1.10 bits per heavy atom. The number of nitrogen functional groups attached to an aromatic ring is 1. The number of unbranched alkanes of at least 4 members (excludes halogenated alkanes) is 3. The average molecular weight is 278 g/mol. The molecule has 4 heteroatoms. The van der Waals surface area contributed by atoms with Gasteiger partial charge in [0.15, 0.2) is 0 Å². The summed E-state index contributed by atoms with van der Waals surface area (Å²) >= 11 is 0. The van der Waals surface area contributed by atoms with Gasteiger partial charge in [0, 0.05) is 31.0 Å². The van der Waals surface area contributed by atoms with Crippen LogP contribution < -0.4 is 11.1 Å². The molecule has 0 aliphatic carbocycles. The Kier molecular flexibility index (Phi) is 8.47. The number of hydrogen-bond acceptors (Lipinski definition) is 3. The van der Waals surface area contributed by atoms with E-state index in [1.807, 2.05) is 0 Å². The topological polar surface area (TPSA) is 64.3 Å². The first-order chi connectivity index (χ1) is 9.72. The van der Waals surface area contributed by atoms with Gasteiger partial charge in [-0.05, 0) is 37.1 Å². The fourth-order valence-electron chi connectivity index (χ4n) is 1.86. The molecule has 0 fully saturated rings. The molecule has 0 aliphatic heterocycles. The second kappa shape index (κ2) is 10.3. The SMILES string of the molecule is CCCCCCOCCCC(=O)Nc1ccc(N)cc1. The monoisotopic (exact) mass is 278 g/mol. The van der Waals surface area contributed by atoms with E-state index in [0.717, 1.165) is 25.1 Å². The summed E-state index contributed by atoms with van der Waals surface area (Å²) in [5.41, 5.74) is 7.06. The predicted molar refractivity (Wildman–Crippen MR) is 83.7 cm³/mol. The van der Waals surface area contributed by atoms with Crippen molar-refractivity contribution in [3.8, 4) is 0 Å². The molecule has 0 saturated carbocycles. The van der Waals surface area contributed by atoms with E-state index in [2.05, 4.69) is 12.2 Å². The lowest BCUT2D eigenvalue weighted by Gasteiger charge is -2.06. The largest absolute Gasteiger partial charge is 0.399 e. The minimum atomic E-state index is 0.0179. The molecule has 112 valence electrons. The first-order valence-corrected chi connectivity index (χ1v) is 7.45. The van der Waals surface area contributed by atoms with E-state index in [1.54, 1.807) is 24.3 Å². The minimum absolute atomic E-state index is 0.0179. The molecule has 0 radical (unpaired) electrons. The van der Waals surface area contributed by atoms with Crippen LogP contribution in [0.1, 0.15) is 45.4 Å². The third-order valence-electron chi connectivity index (χ3n) is 3.03. The molecule has 0 heterocycles. The van der Waals surface area contributed by atoms with Gasteiger partial charge in [-0.1, -0.05) is 26.2 Å². The van der Waals surface area contributed by atoms with E-state index in [-0.39, 0.29) is 5.91 Å². The molecule has 20 heavy (non-hydrogen) atoms. The molecule has 0 unspecified atom stereocenters. The van der Waals surface area contributed by atoms with Gasteiger partial charge in [0.1, 0.15) is 0 Å². The highest BCUT2D eigenvalue weighted by atomic mass is 16.5. The molecule has 1 aromatic carbocycles. The van der Waals surface area contributed by atoms with Gasteiger partial charge in [0.05, 0.1) is 0 Å². The standard InChI is InChI=1S/C16H26N2O2/c1-2-3-4-5-12-20-13-6-7-16(19)18-15-10-8-14(17)9-11-15/h8-11H,2-7,12-13,17H2,1H3,(H,18,19). The molecular weight excluding hydrogens is 252 g/mol. The van der Waals surface area contributed by atoms with Crippen molar-refractivity contribution in [3.63, 3.8) is 0 Å². The van der Waals surface area contributed by atoms with Crippen LogP contribution >= 0.6 is 0 Å². The van der Waals surface area contributed by atoms with Crippen LogP contribution in [0.3, 0.4) is 0 Å². The highest BCUT2D eigenvalue weighted by molar-refractivity contribution is 5.90.